The number of furan rings is 2. The van der Waals surface area contributed by atoms with Crippen LogP contribution in [0.4, 0.5) is 11.4 Å². The molecule has 1 aliphatic heterocycles. The van der Waals surface area contributed by atoms with Gasteiger partial charge in [0.2, 0.25) is 5.91 Å². The summed E-state index contributed by atoms with van der Waals surface area (Å²) >= 11 is 1.39. The highest BCUT2D eigenvalue weighted by Gasteiger charge is 2.30. The van der Waals surface area contributed by atoms with Crippen LogP contribution < -0.4 is 4.90 Å². The number of H-pyrrole nitrogens is 1. The van der Waals surface area contributed by atoms with Crippen LogP contribution in [-0.2, 0) is 17.6 Å². The van der Waals surface area contributed by atoms with Gasteiger partial charge >= 0.3 is 0 Å². The normalized spacial score (nSPS) is 13.7. The van der Waals surface area contributed by atoms with E-state index in [9.17, 15) is 4.79 Å². The van der Waals surface area contributed by atoms with E-state index in [1.807, 2.05) is 72.5 Å². The number of anilines is 2. The molecule has 6 nitrogen and oxygen atoms in total. The minimum atomic E-state index is -0.394. The van der Waals surface area contributed by atoms with Gasteiger partial charge < -0.3 is 13.8 Å². The highest BCUT2D eigenvalue weighted by atomic mass is 32.2. The van der Waals surface area contributed by atoms with Gasteiger partial charge in [0.1, 0.15) is 11.4 Å². The molecule has 6 rings (SSSR count). The van der Waals surface area contributed by atoms with Gasteiger partial charge in [0, 0.05) is 0 Å². The number of aryl methyl sites for hydroxylation is 2. The maximum absolute atomic E-state index is 14.0. The summed E-state index contributed by atoms with van der Waals surface area (Å²) < 4.78 is 11.2. The van der Waals surface area contributed by atoms with E-state index in [0.717, 1.165) is 29.9 Å². The van der Waals surface area contributed by atoms with Crippen LogP contribution in [0, 0.1) is 0 Å². The predicted octanol–water partition coefficient (Wildman–Crippen LogP) is 6.87. The Morgan fingerprint density at radius 2 is 1.49 bits per heavy atom. The van der Waals surface area contributed by atoms with Crippen LogP contribution in [0.5, 0.6) is 0 Å². The van der Waals surface area contributed by atoms with Crippen LogP contribution in [0.3, 0.4) is 0 Å². The Labute approximate surface area is 207 Å². The number of hydrogen-bond donors (Lipinski definition) is 1. The van der Waals surface area contributed by atoms with Crippen molar-refractivity contribution in [2.24, 2.45) is 0 Å². The molecule has 0 aliphatic carbocycles. The third kappa shape index (κ3) is 3.98. The van der Waals surface area contributed by atoms with Gasteiger partial charge in [0.25, 0.3) is 0 Å². The summed E-state index contributed by atoms with van der Waals surface area (Å²) in [7, 11) is 0. The van der Waals surface area contributed by atoms with E-state index in [2.05, 4.69) is 17.1 Å². The summed E-state index contributed by atoms with van der Waals surface area (Å²) in [6.07, 6.45) is 5.03. The quantitative estimate of drug-likeness (QED) is 0.277. The van der Waals surface area contributed by atoms with E-state index in [-0.39, 0.29) is 5.91 Å². The summed E-state index contributed by atoms with van der Waals surface area (Å²) in [5, 5.41) is 0.231. The summed E-state index contributed by atoms with van der Waals surface area (Å²) in [5.41, 5.74) is 5.61. The molecule has 1 atom stereocenters. The van der Waals surface area contributed by atoms with Crippen molar-refractivity contribution >= 4 is 29.0 Å². The van der Waals surface area contributed by atoms with Crippen LogP contribution in [0.15, 0.2) is 99.3 Å². The molecule has 4 heterocycles. The van der Waals surface area contributed by atoms with E-state index in [4.69, 9.17) is 13.8 Å². The number of nitrogens with one attached hydrogen (secondary N) is 1. The predicted molar refractivity (Wildman–Crippen MR) is 137 cm³/mol. The fourth-order valence-electron chi connectivity index (χ4n) is 4.51. The number of hydrogen-bond acceptors (Lipinski definition) is 5. The first kappa shape index (κ1) is 21.6. The molecule has 7 heteroatoms. The molecule has 2 aromatic carbocycles. The molecule has 174 valence electrons. The van der Waals surface area contributed by atoms with Crippen molar-refractivity contribution in [1.82, 2.24) is 9.97 Å². The number of carbonyl (C=O) groups is 1. The zero-order valence-corrected chi connectivity index (χ0v) is 19.9. The van der Waals surface area contributed by atoms with Gasteiger partial charge in [0.05, 0.1) is 29.2 Å². The molecule has 1 unspecified atom stereocenters. The number of rotatable bonds is 5. The minimum Gasteiger partial charge on any atom is -0.463 e. The Balaban J connectivity index is 1.35. The molecule has 3 aromatic heterocycles. The minimum absolute atomic E-state index is 0.00676. The Morgan fingerprint density at radius 3 is 2.09 bits per heavy atom. The van der Waals surface area contributed by atoms with Gasteiger partial charge in [-0.3, -0.25) is 9.69 Å². The van der Waals surface area contributed by atoms with E-state index in [0.29, 0.717) is 22.4 Å². The zero-order valence-electron chi connectivity index (χ0n) is 19.1. The number of nitrogens with zero attached hydrogens (tertiary/aromatic N) is 2. The molecule has 0 radical (unpaired) electrons. The highest BCUT2D eigenvalue weighted by molar-refractivity contribution is 8.00. The lowest BCUT2D eigenvalue weighted by Gasteiger charge is -2.27. The topological polar surface area (TPSA) is 75.3 Å². The van der Waals surface area contributed by atoms with E-state index >= 15 is 0 Å². The number of imidazole rings is 1. The number of fused-ring (bicyclic) bond motifs is 2. The van der Waals surface area contributed by atoms with Crippen molar-refractivity contribution in [3.05, 3.63) is 96.4 Å². The van der Waals surface area contributed by atoms with Crippen molar-refractivity contribution in [2.45, 2.75) is 30.2 Å². The Bertz CT molecular complexity index is 1370. The molecule has 0 bridgehead atoms. The van der Waals surface area contributed by atoms with Crippen molar-refractivity contribution in [1.29, 1.82) is 0 Å². The molecule has 0 saturated heterocycles. The van der Waals surface area contributed by atoms with Gasteiger partial charge in [0.15, 0.2) is 16.7 Å². The fourth-order valence-corrected chi connectivity index (χ4v) is 5.36. The maximum atomic E-state index is 14.0. The van der Waals surface area contributed by atoms with Gasteiger partial charge in [-0.2, -0.15) is 0 Å². The summed E-state index contributed by atoms with van der Waals surface area (Å²) in [4.78, 5) is 23.9. The van der Waals surface area contributed by atoms with Crippen LogP contribution in [0.25, 0.3) is 22.9 Å². The smallest absolute Gasteiger partial charge is 0.244 e. The van der Waals surface area contributed by atoms with E-state index < -0.39 is 5.25 Å². The SMILES string of the molecule is CC(Sc1nc(-c2ccco2)c(-c2ccco2)[nH]1)C(=O)N1c2ccccc2CCc2ccccc21. The molecular formula is C28H23N3O3S. The van der Waals surface area contributed by atoms with Crippen LogP contribution in [0.2, 0.25) is 0 Å². The Morgan fingerprint density at radius 1 is 0.886 bits per heavy atom. The largest absolute Gasteiger partial charge is 0.463 e. The summed E-state index contributed by atoms with van der Waals surface area (Å²) in [6, 6.07) is 23.7. The van der Waals surface area contributed by atoms with Crippen LogP contribution >= 0.6 is 11.8 Å². The second-order valence-electron chi connectivity index (χ2n) is 8.41. The number of amides is 1. The summed E-state index contributed by atoms with van der Waals surface area (Å²) in [6.45, 7) is 1.92. The zero-order chi connectivity index (χ0) is 23.8. The molecular weight excluding hydrogens is 458 g/mol. The molecule has 1 N–H and O–H groups in total. The second-order valence-corrected chi connectivity index (χ2v) is 9.74. The third-order valence-corrected chi connectivity index (χ3v) is 7.16. The lowest BCUT2D eigenvalue weighted by Crippen LogP contribution is -2.33. The van der Waals surface area contributed by atoms with Crippen molar-refractivity contribution in [3.8, 4) is 22.9 Å². The van der Waals surface area contributed by atoms with Gasteiger partial charge in [-0.15, -0.1) is 0 Å². The molecule has 1 amide bonds. The Hall–Kier alpha value is -3.97. The number of carbonyl (C=O) groups excluding carboxylic acids is 1. The van der Waals surface area contributed by atoms with Crippen molar-refractivity contribution < 1.29 is 13.6 Å². The highest BCUT2D eigenvalue weighted by Crippen LogP contribution is 2.39. The third-order valence-electron chi connectivity index (χ3n) is 6.19. The molecule has 0 fully saturated rings. The maximum Gasteiger partial charge on any atom is 0.244 e. The number of aromatic nitrogens is 2. The van der Waals surface area contributed by atoms with Gasteiger partial charge in [-0.05, 0) is 67.3 Å². The first-order valence-corrected chi connectivity index (χ1v) is 12.4. The van der Waals surface area contributed by atoms with Crippen molar-refractivity contribution in [2.75, 3.05) is 4.90 Å². The molecule has 1 aliphatic rings. The average molecular weight is 482 g/mol. The summed E-state index contributed by atoms with van der Waals surface area (Å²) in [5.74, 6) is 1.30. The van der Waals surface area contributed by atoms with E-state index in [1.165, 1.54) is 22.9 Å². The monoisotopic (exact) mass is 481 g/mol. The molecule has 5 aromatic rings. The molecule has 0 saturated carbocycles. The standard InChI is InChI=1S/C28H23N3O3S/c1-18(35-28-29-25(23-12-6-16-33-23)26(30-28)24-13-7-17-34-24)27(32)31-21-10-4-2-8-19(21)14-15-20-9-3-5-11-22(20)31/h2-13,16-18H,14-15H2,1H3,(H,29,30). The number of thioether (sulfide) groups is 1. The Kier molecular flexibility index (Phi) is 5.54. The fraction of sp³-hybridized carbons (Fsp3) is 0.143. The van der Waals surface area contributed by atoms with Gasteiger partial charge in [-0.1, -0.05) is 48.2 Å². The van der Waals surface area contributed by atoms with Crippen LogP contribution in [-0.4, -0.2) is 21.1 Å². The number of aromatic amines is 1. The van der Waals surface area contributed by atoms with Gasteiger partial charge in [-0.25, -0.2) is 4.98 Å². The first-order chi connectivity index (χ1) is 17.2. The first-order valence-electron chi connectivity index (χ1n) is 11.5. The lowest BCUT2D eigenvalue weighted by atomic mass is 10.0. The van der Waals surface area contributed by atoms with Crippen LogP contribution in [0.1, 0.15) is 18.1 Å². The average Bonchev–Trinajstić information content (AvgIpc) is 3.64. The number of para-hydroxylation sites is 2. The second kappa shape index (κ2) is 9.00. The van der Waals surface area contributed by atoms with Crippen molar-refractivity contribution in [3.63, 3.8) is 0 Å². The van der Waals surface area contributed by atoms with E-state index in [1.54, 1.807) is 12.5 Å². The molecule has 0 spiro atoms. The number of benzene rings is 2. The molecule has 35 heavy (non-hydrogen) atoms. The lowest BCUT2D eigenvalue weighted by molar-refractivity contribution is -0.117.